The Morgan fingerprint density at radius 3 is 2.34 bits per heavy atom. The Morgan fingerprint density at radius 1 is 1.06 bits per heavy atom. The first-order chi connectivity index (χ1) is 15.6. The zero-order valence-electron chi connectivity index (χ0n) is 17.9. The number of esters is 2. The van der Waals surface area contributed by atoms with E-state index < -0.39 is 23.8 Å². The van der Waals surface area contributed by atoms with Crippen molar-refractivity contribution in [2.75, 3.05) is 13.2 Å². The van der Waals surface area contributed by atoms with Gasteiger partial charge in [-0.1, -0.05) is 72.6 Å². The molecule has 162 valence electrons. The second kappa shape index (κ2) is 11.2. The molecule has 0 saturated heterocycles. The van der Waals surface area contributed by atoms with Crippen LogP contribution >= 0.6 is 12.2 Å². The first kappa shape index (κ1) is 23.1. The Balaban J connectivity index is 2.21. The van der Waals surface area contributed by atoms with Gasteiger partial charge >= 0.3 is 11.9 Å². The summed E-state index contributed by atoms with van der Waals surface area (Å²) in [7, 11) is 0. The highest BCUT2D eigenvalue weighted by Crippen LogP contribution is 2.37. The summed E-state index contributed by atoms with van der Waals surface area (Å²) in [6.07, 6.45) is 0. The van der Waals surface area contributed by atoms with Gasteiger partial charge in [-0.05, 0) is 26.0 Å². The Kier molecular flexibility index (Phi) is 8.07. The minimum atomic E-state index is -0.825. The standard InChI is InChI=1S/C26H23NO4S/c1-3-30-25(28)22-18(2)27-24(20-12-8-5-9-13-20)23(26(29)31-16-17-32)21(22)15-14-19-10-6-4-7-11-19/h4-13,17,21-22H,3,16H2,1-2H3. The summed E-state index contributed by atoms with van der Waals surface area (Å²) in [6, 6.07) is 18.7. The van der Waals surface area contributed by atoms with E-state index in [1.54, 1.807) is 13.8 Å². The first-order valence-corrected chi connectivity index (χ1v) is 10.7. The number of thiocarbonyl (C=S) groups is 1. The number of aliphatic imine (C=N–C) groups is 1. The molecule has 2 unspecified atom stereocenters. The molecule has 0 aliphatic carbocycles. The second-order valence-electron chi connectivity index (χ2n) is 6.99. The van der Waals surface area contributed by atoms with Gasteiger partial charge in [-0.2, -0.15) is 0 Å². The zero-order valence-corrected chi connectivity index (χ0v) is 18.7. The summed E-state index contributed by atoms with van der Waals surface area (Å²) in [5.41, 5.74) is 2.68. The lowest BCUT2D eigenvalue weighted by atomic mass is 9.79. The summed E-state index contributed by atoms with van der Waals surface area (Å²) in [4.78, 5) is 30.7. The van der Waals surface area contributed by atoms with Crippen LogP contribution in [-0.2, 0) is 19.1 Å². The lowest BCUT2D eigenvalue weighted by Gasteiger charge is -2.28. The summed E-state index contributed by atoms with van der Waals surface area (Å²) in [6.45, 7) is 3.66. The van der Waals surface area contributed by atoms with E-state index in [1.807, 2.05) is 60.7 Å². The predicted octanol–water partition coefficient (Wildman–Crippen LogP) is 4.26. The monoisotopic (exact) mass is 445 g/mol. The SMILES string of the molecule is CCOC(=O)C1C(C)=NC(c2ccccc2)=C(C(=O)OCC=S)C1C#Cc1ccccc1. The molecule has 0 bridgehead atoms. The van der Waals surface area contributed by atoms with Crippen LogP contribution in [0, 0.1) is 23.7 Å². The number of nitrogens with zero attached hydrogens (tertiary/aromatic N) is 1. The van der Waals surface area contributed by atoms with Gasteiger partial charge in [0.1, 0.15) is 12.5 Å². The van der Waals surface area contributed by atoms with Crippen molar-refractivity contribution in [2.45, 2.75) is 13.8 Å². The molecule has 0 spiro atoms. The fraction of sp³-hybridized carbons (Fsp3) is 0.231. The van der Waals surface area contributed by atoms with Crippen molar-refractivity contribution in [2.24, 2.45) is 16.8 Å². The first-order valence-electron chi connectivity index (χ1n) is 10.3. The molecular weight excluding hydrogens is 422 g/mol. The summed E-state index contributed by atoms with van der Waals surface area (Å²) in [5.74, 6) is 3.53. The van der Waals surface area contributed by atoms with Crippen LogP contribution in [0.1, 0.15) is 25.0 Å². The van der Waals surface area contributed by atoms with Crippen molar-refractivity contribution in [1.82, 2.24) is 0 Å². The summed E-state index contributed by atoms with van der Waals surface area (Å²) in [5, 5.41) is 1.32. The number of hydrogen-bond acceptors (Lipinski definition) is 6. The van der Waals surface area contributed by atoms with Crippen molar-refractivity contribution < 1.29 is 19.1 Å². The lowest BCUT2D eigenvalue weighted by molar-refractivity contribution is -0.146. The van der Waals surface area contributed by atoms with Crippen molar-refractivity contribution in [3.63, 3.8) is 0 Å². The number of carbonyl (C=O) groups excluding carboxylic acids is 2. The van der Waals surface area contributed by atoms with Gasteiger partial charge in [0.05, 0.1) is 23.8 Å². The molecule has 2 aromatic rings. The number of ether oxygens (including phenoxy) is 2. The van der Waals surface area contributed by atoms with Gasteiger partial charge in [-0.3, -0.25) is 9.79 Å². The number of rotatable bonds is 6. The van der Waals surface area contributed by atoms with Gasteiger partial charge in [-0.15, -0.1) is 0 Å². The average molecular weight is 446 g/mol. The quantitative estimate of drug-likeness (QED) is 0.378. The Bertz CT molecular complexity index is 1110. The van der Waals surface area contributed by atoms with Gasteiger partial charge in [0.15, 0.2) is 0 Å². The Labute approximate surface area is 193 Å². The third-order valence-corrected chi connectivity index (χ3v) is 5.01. The molecule has 1 aliphatic heterocycles. The van der Waals surface area contributed by atoms with E-state index in [2.05, 4.69) is 16.8 Å². The molecule has 3 rings (SSSR count). The van der Waals surface area contributed by atoms with Crippen LogP contribution in [-0.4, -0.2) is 36.2 Å². The van der Waals surface area contributed by atoms with Crippen LogP contribution in [0.2, 0.25) is 0 Å². The van der Waals surface area contributed by atoms with Gasteiger partial charge < -0.3 is 9.47 Å². The molecule has 0 N–H and O–H groups in total. The molecule has 0 aromatic heterocycles. The minimum Gasteiger partial charge on any atom is -0.465 e. The molecule has 1 aliphatic rings. The van der Waals surface area contributed by atoms with E-state index in [1.165, 1.54) is 5.37 Å². The fourth-order valence-corrected chi connectivity index (χ4v) is 3.53. The van der Waals surface area contributed by atoms with E-state index in [9.17, 15) is 9.59 Å². The zero-order chi connectivity index (χ0) is 22.9. The summed E-state index contributed by atoms with van der Waals surface area (Å²) < 4.78 is 10.6. The fourth-order valence-electron chi connectivity index (χ4n) is 3.47. The van der Waals surface area contributed by atoms with Crippen LogP contribution in [0.3, 0.4) is 0 Å². The number of carbonyl (C=O) groups is 2. The molecular formula is C26H23NO4S. The van der Waals surface area contributed by atoms with E-state index in [4.69, 9.17) is 21.7 Å². The van der Waals surface area contributed by atoms with Crippen LogP contribution < -0.4 is 0 Å². The third kappa shape index (κ3) is 5.37. The van der Waals surface area contributed by atoms with E-state index in [0.29, 0.717) is 11.4 Å². The maximum absolute atomic E-state index is 13.2. The second-order valence-corrected chi connectivity index (χ2v) is 7.32. The maximum atomic E-state index is 13.2. The van der Waals surface area contributed by atoms with Crippen molar-refractivity contribution in [1.29, 1.82) is 0 Å². The molecule has 0 amide bonds. The third-order valence-electron chi connectivity index (χ3n) is 4.87. The smallest absolute Gasteiger partial charge is 0.337 e. The van der Waals surface area contributed by atoms with Gasteiger partial charge in [-0.25, -0.2) is 4.79 Å². The van der Waals surface area contributed by atoms with Crippen LogP contribution in [0.5, 0.6) is 0 Å². The lowest BCUT2D eigenvalue weighted by Crippen LogP contribution is -2.37. The predicted molar refractivity (Wildman–Crippen MR) is 128 cm³/mol. The normalized spacial score (nSPS) is 17.5. The summed E-state index contributed by atoms with van der Waals surface area (Å²) >= 11 is 4.81. The van der Waals surface area contributed by atoms with Gasteiger partial charge in [0.25, 0.3) is 0 Å². The topological polar surface area (TPSA) is 65.0 Å². The van der Waals surface area contributed by atoms with E-state index >= 15 is 0 Å². The van der Waals surface area contributed by atoms with Crippen molar-refractivity contribution in [3.05, 3.63) is 77.4 Å². The molecule has 1 heterocycles. The Hall–Kier alpha value is -3.56. The number of benzene rings is 2. The van der Waals surface area contributed by atoms with E-state index in [0.717, 1.165) is 11.1 Å². The van der Waals surface area contributed by atoms with Crippen molar-refractivity contribution >= 4 is 40.9 Å². The average Bonchev–Trinajstić information content (AvgIpc) is 2.82. The van der Waals surface area contributed by atoms with Gasteiger partial charge in [0, 0.05) is 22.2 Å². The molecule has 0 saturated carbocycles. The van der Waals surface area contributed by atoms with Crippen LogP contribution in [0.4, 0.5) is 0 Å². The highest BCUT2D eigenvalue weighted by molar-refractivity contribution is 7.79. The van der Waals surface area contributed by atoms with Crippen molar-refractivity contribution in [3.8, 4) is 11.8 Å². The molecule has 0 fully saturated rings. The molecule has 2 atom stereocenters. The molecule has 5 nitrogen and oxygen atoms in total. The Morgan fingerprint density at radius 2 is 1.72 bits per heavy atom. The van der Waals surface area contributed by atoms with Crippen LogP contribution in [0.15, 0.2) is 71.2 Å². The molecule has 6 heteroatoms. The highest BCUT2D eigenvalue weighted by Gasteiger charge is 2.41. The minimum absolute atomic E-state index is 0.0364. The highest BCUT2D eigenvalue weighted by atomic mass is 32.1. The molecule has 2 aromatic carbocycles. The number of hydrogen-bond donors (Lipinski definition) is 0. The largest absolute Gasteiger partial charge is 0.465 e. The van der Waals surface area contributed by atoms with E-state index in [-0.39, 0.29) is 18.8 Å². The van der Waals surface area contributed by atoms with Crippen LogP contribution in [0.25, 0.3) is 5.70 Å². The molecule has 32 heavy (non-hydrogen) atoms. The molecule has 0 radical (unpaired) electrons. The van der Waals surface area contributed by atoms with Gasteiger partial charge in [0.2, 0.25) is 0 Å². The maximum Gasteiger partial charge on any atom is 0.337 e.